The molecule has 1 heterocycles. The van der Waals surface area contributed by atoms with E-state index >= 15 is 0 Å². The third-order valence-electron chi connectivity index (χ3n) is 3.74. The fourth-order valence-corrected chi connectivity index (χ4v) is 2.47. The van der Waals surface area contributed by atoms with Crippen LogP contribution in [0, 0.1) is 17.6 Å². The highest BCUT2D eigenvalue weighted by Gasteiger charge is 2.29. The Morgan fingerprint density at radius 3 is 2.57 bits per heavy atom. The first-order chi connectivity index (χ1) is 10.9. The molecule has 1 aromatic rings. The van der Waals surface area contributed by atoms with Crippen LogP contribution < -0.4 is 0 Å². The van der Waals surface area contributed by atoms with E-state index in [2.05, 4.69) is 0 Å². The first kappa shape index (κ1) is 17.3. The lowest BCUT2D eigenvalue weighted by Crippen LogP contribution is -2.41. The summed E-state index contributed by atoms with van der Waals surface area (Å²) in [6, 6.07) is 2.83. The van der Waals surface area contributed by atoms with Crippen molar-refractivity contribution in [3.8, 4) is 0 Å². The van der Waals surface area contributed by atoms with Gasteiger partial charge in [0.15, 0.2) is 0 Å². The number of carbonyl (C=O) groups is 2. The van der Waals surface area contributed by atoms with Gasteiger partial charge in [0.25, 0.3) is 5.91 Å². The zero-order valence-corrected chi connectivity index (χ0v) is 12.8. The molecule has 23 heavy (non-hydrogen) atoms. The van der Waals surface area contributed by atoms with E-state index in [-0.39, 0.29) is 18.1 Å². The highest BCUT2D eigenvalue weighted by atomic mass is 19.1. The van der Waals surface area contributed by atoms with Gasteiger partial charge in [-0.15, -0.1) is 0 Å². The van der Waals surface area contributed by atoms with Gasteiger partial charge in [-0.1, -0.05) is 0 Å². The van der Waals surface area contributed by atoms with Gasteiger partial charge in [-0.3, -0.25) is 9.59 Å². The van der Waals surface area contributed by atoms with Crippen LogP contribution in [0.2, 0.25) is 0 Å². The van der Waals surface area contributed by atoms with Crippen LogP contribution in [-0.2, 0) is 9.53 Å². The fraction of sp³-hybridized carbons (Fsp3) is 0.500. The number of halogens is 2. The lowest BCUT2D eigenvalue weighted by molar-refractivity contribution is -0.152. The molecule has 1 atom stereocenters. The maximum Gasteiger partial charge on any atom is 0.309 e. The smallest absolute Gasteiger partial charge is 0.309 e. The number of hydrogen-bond acceptors (Lipinski definition) is 4. The second-order valence-corrected chi connectivity index (χ2v) is 5.67. The van der Waals surface area contributed by atoms with Crippen LogP contribution in [0.25, 0.3) is 0 Å². The van der Waals surface area contributed by atoms with Crippen LogP contribution in [0.5, 0.6) is 0 Å². The zero-order chi connectivity index (χ0) is 17.0. The molecule has 0 bridgehead atoms. The zero-order valence-electron chi connectivity index (χ0n) is 12.8. The molecule has 0 saturated carbocycles. The summed E-state index contributed by atoms with van der Waals surface area (Å²) >= 11 is 0. The number of nitrogens with zero attached hydrogens (tertiary/aromatic N) is 1. The van der Waals surface area contributed by atoms with Gasteiger partial charge >= 0.3 is 5.97 Å². The molecule has 0 aromatic heterocycles. The van der Waals surface area contributed by atoms with Gasteiger partial charge in [-0.05, 0) is 31.9 Å². The van der Waals surface area contributed by atoms with E-state index in [0.717, 1.165) is 12.1 Å². The van der Waals surface area contributed by atoms with Gasteiger partial charge in [0.2, 0.25) is 0 Å². The van der Waals surface area contributed by atoms with Crippen LogP contribution in [0.1, 0.15) is 30.1 Å². The van der Waals surface area contributed by atoms with E-state index in [0.29, 0.717) is 32.0 Å². The van der Waals surface area contributed by atoms with Crippen LogP contribution in [0.3, 0.4) is 0 Å². The van der Waals surface area contributed by atoms with Crippen LogP contribution in [0.15, 0.2) is 18.2 Å². The molecule has 0 spiro atoms. The van der Waals surface area contributed by atoms with Gasteiger partial charge in [-0.2, -0.15) is 0 Å². The van der Waals surface area contributed by atoms with Crippen molar-refractivity contribution in [2.45, 2.75) is 25.9 Å². The Balaban J connectivity index is 1.91. The topological polar surface area (TPSA) is 66.8 Å². The molecule has 2 rings (SSSR count). The highest BCUT2D eigenvalue weighted by Crippen LogP contribution is 2.21. The van der Waals surface area contributed by atoms with Crippen molar-refractivity contribution in [1.82, 2.24) is 4.90 Å². The molecule has 1 amide bonds. The number of benzene rings is 1. The van der Waals surface area contributed by atoms with Gasteiger partial charge < -0.3 is 14.7 Å². The van der Waals surface area contributed by atoms with Crippen molar-refractivity contribution >= 4 is 11.9 Å². The fourth-order valence-electron chi connectivity index (χ4n) is 2.47. The van der Waals surface area contributed by atoms with Gasteiger partial charge in [-0.25, -0.2) is 8.78 Å². The van der Waals surface area contributed by atoms with E-state index in [1.54, 1.807) is 0 Å². The standard InChI is InChI=1S/C16H19F2NO4/c1-10(20)9-23-16(22)11-4-6-19(7-5-11)15(21)13-3-2-12(17)8-14(13)18/h2-3,8,10-11,20H,4-7,9H2,1H3/t10-/m1/s1. The molecule has 0 unspecified atom stereocenters. The van der Waals surface area contributed by atoms with E-state index in [1.807, 2.05) is 0 Å². The summed E-state index contributed by atoms with van der Waals surface area (Å²) in [4.78, 5) is 25.5. The molecule has 0 radical (unpaired) electrons. The number of amides is 1. The predicted octanol–water partition coefficient (Wildman–Crippen LogP) is 1.74. The molecule has 1 saturated heterocycles. The summed E-state index contributed by atoms with van der Waals surface area (Å²) < 4.78 is 31.5. The normalized spacial score (nSPS) is 17.0. The van der Waals surface area contributed by atoms with Gasteiger partial charge in [0, 0.05) is 19.2 Å². The quantitative estimate of drug-likeness (QED) is 0.856. The third-order valence-corrected chi connectivity index (χ3v) is 3.74. The van der Waals surface area contributed by atoms with Crippen molar-refractivity contribution in [3.63, 3.8) is 0 Å². The molecule has 1 N–H and O–H groups in total. The number of piperidine rings is 1. The molecule has 1 fully saturated rings. The molecule has 1 aliphatic heterocycles. The van der Waals surface area contributed by atoms with E-state index < -0.39 is 29.6 Å². The van der Waals surface area contributed by atoms with E-state index in [1.165, 1.54) is 11.8 Å². The number of hydrogen-bond donors (Lipinski definition) is 1. The van der Waals surface area contributed by atoms with Gasteiger partial charge in [0.1, 0.15) is 18.2 Å². The van der Waals surface area contributed by atoms with E-state index in [4.69, 9.17) is 9.84 Å². The summed E-state index contributed by atoms with van der Waals surface area (Å²) in [7, 11) is 0. The molecule has 5 nitrogen and oxygen atoms in total. The largest absolute Gasteiger partial charge is 0.463 e. The molecule has 126 valence electrons. The number of ether oxygens (including phenoxy) is 1. The minimum absolute atomic E-state index is 0.0568. The van der Waals surface area contributed by atoms with Crippen molar-refractivity contribution in [1.29, 1.82) is 0 Å². The number of esters is 1. The summed E-state index contributed by atoms with van der Waals surface area (Å²) in [5.41, 5.74) is -0.179. The van der Waals surface area contributed by atoms with E-state index in [9.17, 15) is 18.4 Å². The average Bonchev–Trinajstić information content (AvgIpc) is 2.52. The Labute approximate surface area is 132 Å². The minimum atomic E-state index is -0.895. The van der Waals surface area contributed by atoms with Crippen LogP contribution >= 0.6 is 0 Å². The second kappa shape index (κ2) is 7.50. The number of likely N-dealkylation sites (tertiary alicyclic amines) is 1. The number of aliphatic hydroxyl groups excluding tert-OH is 1. The second-order valence-electron chi connectivity index (χ2n) is 5.67. The number of rotatable bonds is 4. The summed E-state index contributed by atoms with van der Waals surface area (Å²) in [5, 5.41) is 9.09. The lowest BCUT2D eigenvalue weighted by Gasteiger charge is -2.31. The summed E-state index contributed by atoms with van der Waals surface area (Å²) in [6.07, 6.45) is 0.0995. The summed E-state index contributed by atoms with van der Waals surface area (Å²) in [5.74, 6) is -2.88. The van der Waals surface area contributed by atoms with Crippen molar-refractivity contribution in [2.24, 2.45) is 5.92 Å². The van der Waals surface area contributed by atoms with Crippen molar-refractivity contribution in [3.05, 3.63) is 35.4 Å². The Bertz CT molecular complexity index is 583. The van der Waals surface area contributed by atoms with Crippen molar-refractivity contribution in [2.75, 3.05) is 19.7 Å². The first-order valence-electron chi connectivity index (χ1n) is 7.47. The highest BCUT2D eigenvalue weighted by molar-refractivity contribution is 5.94. The summed E-state index contributed by atoms with van der Waals surface area (Å²) in [6.45, 7) is 2.05. The maximum atomic E-state index is 13.7. The maximum absolute atomic E-state index is 13.7. The minimum Gasteiger partial charge on any atom is -0.463 e. The van der Waals surface area contributed by atoms with Crippen LogP contribution in [-0.4, -0.2) is 47.7 Å². The Morgan fingerprint density at radius 2 is 2.00 bits per heavy atom. The molecular formula is C16H19F2NO4. The number of aliphatic hydroxyl groups is 1. The SMILES string of the molecule is C[C@@H](O)COC(=O)C1CCN(C(=O)c2ccc(F)cc2F)CC1. The van der Waals surface area contributed by atoms with Gasteiger partial charge in [0.05, 0.1) is 17.6 Å². The van der Waals surface area contributed by atoms with Crippen molar-refractivity contribution < 1.29 is 28.2 Å². The molecule has 7 heteroatoms. The first-order valence-corrected chi connectivity index (χ1v) is 7.47. The molecular weight excluding hydrogens is 308 g/mol. The Kier molecular flexibility index (Phi) is 5.65. The monoisotopic (exact) mass is 327 g/mol. The average molecular weight is 327 g/mol. The Morgan fingerprint density at radius 1 is 1.35 bits per heavy atom. The molecule has 0 aliphatic carbocycles. The Hall–Kier alpha value is -2.02. The number of carbonyl (C=O) groups excluding carboxylic acids is 2. The third kappa shape index (κ3) is 4.48. The lowest BCUT2D eigenvalue weighted by atomic mass is 9.96. The molecule has 1 aliphatic rings. The van der Waals surface area contributed by atoms with Crippen LogP contribution in [0.4, 0.5) is 8.78 Å². The predicted molar refractivity (Wildman–Crippen MR) is 77.6 cm³/mol. The molecule has 1 aromatic carbocycles.